The van der Waals surface area contributed by atoms with Gasteiger partial charge in [-0.3, -0.25) is 0 Å². The Hall–Kier alpha value is -1.49. The van der Waals surface area contributed by atoms with Crippen LogP contribution in [0.2, 0.25) is 0 Å². The van der Waals surface area contributed by atoms with Gasteiger partial charge in [-0.05, 0) is 45.7 Å². The third-order valence-electron chi connectivity index (χ3n) is 3.29. The maximum Gasteiger partial charge on any atom is 0.0683 e. The summed E-state index contributed by atoms with van der Waals surface area (Å²) in [5.41, 5.74) is 1.11. The van der Waals surface area contributed by atoms with Crippen molar-refractivity contribution in [1.29, 1.82) is 5.26 Å². The predicted molar refractivity (Wildman–Crippen MR) is 77.6 cm³/mol. The SMILES string of the molecule is CCN(CCCCC(C)(C)C#N)c1ccccc1. The maximum atomic E-state index is 8.97. The van der Waals surface area contributed by atoms with Crippen LogP contribution >= 0.6 is 0 Å². The van der Waals surface area contributed by atoms with E-state index in [9.17, 15) is 0 Å². The molecular weight excluding hydrogens is 220 g/mol. The van der Waals surface area contributed by atoms with E-state index in [0.717, 1.165) is 32.4 Å². The van der Waals surface area contributed by atoms with Crippen molar-refractivity contribution in [2.75, 3.05) is 18.0 Å². The van der Waals surface area contributed by atoms with E-state index in [4.69, 9.17) is 5.26 Å². The van der Waals surface area contributed by atoms with Gasteiger partial charge in [0.2, 0.25) is 0 Å². The van der Waals surface area contributed by atoms with Crippen LogP contribution in [0.15, 0.2) is 30.3 Å². The van der Waals surface area contributed by atoms with Crippen molar-refractivity contribution in [3.05, 3.63) is 30.3 Å². The molecule has 0 spiro atoms. The molecular formula is C16H24N2. The van der Waals surface area contributed by atoms with E-state index >= 15 is 0 Å². The van der Waals surface area contributed by atoms with Crippen LogP contribution in [-0.2, 0) is 0 Å². The molecule has 18 heavy (non-hydrogen) atoms. The zero-order chi connectivity index (χ0) is 13.4. The molecule has 0 saturated heterocycles. The van der Waals surface area contributed by atoms with Gasteiger partial charge in [0.1, 0.15) is 0 Å². The third kappa shape index (κ3) is 4.79. The maximum absolute atomic E-state index is 8.97. The number of nitrogens with zero attached hydrogens (tertiary/aromatic N) is 2. The van der Waals surface area contributed by atoms with Gasteiger partial charge in [-0.25, -0.2) is 0 Å². The van der Waals surface area contributed by atoms with Crippen molar-refractivity contribution in [3.8, 4) is 6.07 Å². The zero-order valence-corrected chi connectivity index (χ0v) is 11.8. The topological polar surface area (TPSA) is 27.0 Å². The van der Waals surface area contributed by atoms with Crippen LogP contribution < -0.4 is 4.90 Å². The highest BCUT2D eigenvalue weighted by molar-refractivity contribution is 5.45. The highest BCUT2D eigenvalue weighted by atomic mass is 15.1. The minimum absolute atomic E-state index is 0.177. The van der Waals surface area contributed by atoms with Crippen molar-refractivity contribution < 1.29 is 0 Å². The van der Waals surface area contributed by atoms with Gasteiger partial charge >= 0.3 is 0 Å². The molecule has 0 aliphatic heterocycles. The highest BCUT2D eigenvalue weighted by Crippen LogP contribution is 2.22. The fourth-order valence-corrected chi connectivity index (χ4v) is 2.03. The Kier molecular flexibility index (Phi) is 5.71. The first kappa shape index (κ1) is 14.6. The van der Waals surface area contributed by atoms with Crippen molar-refractivity contribution >= 4 is 5.69 Å². The molecule has 2 heteroatoms. The number of unbranched alkanes of at least 4 members (excludes halogenated alkanes) is 1. The van der Waals surface area contributed by atoms with Crippen LogP contribution in [0, 0.1) is 16.7 Å². The van der Waals surface area contributed by atoms with E-state index in [-0.39, 0.29) is 5.41 Å². The molecule has 0 heterocycles. The lowest BCUT2D eigenvalue weighted by Crippen LogP contribution is -2.24. The number of rotatable bonds is 7. The minimum atomic E-state index is -0.177. The normalized spacial score (nSPS) is 11.0. The van der Waals surface area contributed by atoms with E-state index < -0.39 is 0 Å². The summed E-state index contributed by atoms with van der Waals surface area (Å²) in [6.45, 7) is 8.32. The van der Waals surface area contributed by atoms with Gasteiger partial charge in [-0.2, -0.15) is 5.26 Å². The Morgan fingerprint density at radius 2 is 1.83 bits per heavy atom. The van der Waals surface area contributed by atoms with Gasteiger partial charge in [-0.15, -0.1) is 0 Å². The summed E-state index contributed by atoms with van der Waals surface area (Å²) in [6.07, 6.45) is 3.24. The molecule has 0 aromatic heterocycles. The van der Waals surface area contributed by atoms with Gasteiger partial charge < -0.3 is 4.90 Å². The molecule has 0 radical (unpaired) electrons. The van der Waals surface area contributed by atoms with E-state index in [1.54, 1.807) is 0 Å². The number of hydrogen-bond donors (Lipinski definition) is 0. The quantitative estimate of drug-likeness (QED) is 0.671. The Bertz CT molecular complexity index is 376. The standard InChI is InChI=1S/C16H24N2/c1-4-18(15-10-6-5-7-11-15)13-9-8-12-16(2,3)14-17/h5-7,10-11H,4,8-9,12-13H2,1-3H3. The Morgan fingerprint density at radius 3 is 2.39 bits per heavy atom. The summed E-state index contributed by atoms with van der Waals surface area (Å²) < 4.78 is 0. The smallest absolute Gasteiger partial charge is 0.0683 e. The number of nitriles is 1. The highest BCUT2D eigenvalue weighted by Gasteiger charge is 2.15. The van der Waals surface area contributed by atoms with Crippen molar-refractivity contribution in [1.82, 2.24) is 0 Å². The summed E-state index contributed by atoms with van der Waals surface area (Å²) in [5, 5.41) is 8.97. The third-order valence-corrected chi connectivity index (χ3v) is 3.29. The Labute approximate surface area is 111 Å². The number of para-hydroxylation sites is 1. The predicted octanol–water partition coefficient (Wildman–Crippen LogP) is 4.23. The number of hydrogen-bond acceptors (Lipinski definition) is 2. The summed E-state index contributed by atoms with van der Waals surface area (Å²) in [7, 11) is 0. The summed E-state index contributed by atoms with van der Waals surface area (Å²) >= 11 is 0. The Morgan fingerprint density at radius 1 is 1.17 bits per heavy atom. The van der Waals surface area contributed by atoms with Crippen molar-refractivity contribution in [2.24, 2.45) is 5.41 Å². The van der Waals surface area contributed by atoms with Gasteiger partial charge in [0.25, 0.3) is 0 Å². The van der Waals surface area contributed by atoms with Gasteiger partial charge in [0.15, 0.2) is 0 Å². The largest absolute Gasteiger partial charge is 0.372 e. The lowest BCUT2D eigenvalue weighted by molar-refractivity contribution is 0.427. The molecule has 0 bridgehead atoms. The zero-order valence-electron chi connectivity index (χ0n) is 11.8. The monoisotopic (exact) mass is 244 g/mol. The molecule has 1 rings (SSSR count). The number of benzene rings is 1. The molecule has 0 aliphatic carbocycles. The lowest BCUT2D eigenvalue weighted by Gasteiger charge is -2.23. The van der Waals surface area contributed by atoms with Gasteiger partial charge in [-0.1, -0.05) is 24.6 Å². The average Bonchev–Trinajstić information content (AvgIpc) is 2.40. The van der Waals surface area contributed by atoms with Crippen LogP contribution in [0.1, 0.15) is 40.0 Å². The molecule has 0 N–H and O–H groups in total. The summed E-state index contributed by atoms with van der Waals surface area (Å²) in [5.74, 6) is 0. The van der Waals surface area contributed by atoms with Crippen molar-refractivity contribution in [3.63, 3.8) is 0 Å². The second-order valence-electron chi connectivity index (χ2n) is 5.37. The van der Waals surface area contributed by atoms with Crippen LogP contribution in [0.5, 0.6) is 0 Å². The van der Waals surface area contributed by atoms with Crippen LogP contribution in [-0.4, -0.2) is 13.1 Å². The second-order valence-corrected chi connectivity index (χ2v) is 5.37. The lowest BCUT2D eigenvalue weighted by atomic mass is 9.89. The first-order chi connectivity index (χ1) is 8.59. The fourth-order valence-electron chi connectivity index (χ4n) is 2.03. The molecule has 0 saturated carbocycles. The molecule has 2 nitrogen and oxygen atoms in total. The summed E-state index contributed by atoms with van der Waals surface area (Å²) in [4.78, 5) is 2.39. The van der Waals surface area contributed by atoms with Gasteiger partial charge in [0, 0.05) is 18.8 Å². The molecule has 0 unspecified atom stereocenters. The summed E-state index contributed by atoms with van der Waals surface area (Å²) in [6, 6.07) is 12.9. The van der Waals surface area contributed by atoms with Crippen molar-refractivity contribution in [2.45, 2.75) is 40.0 Å². The van der Waals surface area contributed by atoms with Gasteiger partial charge in [0.05, 0.1) is 11.5 Å². The molecule has 1 aromatic rings. The fraction of sp³-hybridized carbons (Fsp3) is 0.562. The van der Waals surface area contributed by atoms with Crippen LogP contribution in [0.25, 0.3) is 0 Å². The minimum Gasteiger partial charge on any atom is -0.372 e. The molecule has 0 fully saturated rings. The average molecular weight is 244 g/mol. The van der Waals surface area contributed by atoms with E-state index in [2.05, 4.69) is 42.2 Å². The first-order valence-corrected chi connectivity index (χ1v) is 6.80. The Balaban J connectivity index is 2.36. The van der Waals surface area contributed by atoms with Crippen LogP contribution in [0.3, 0.4) is 0 Å². The first-order valence-electron chi connectivity index (χ1n) is 6.80. The molecule has 98 valence electrons. The molecule has 0 aliphatic rings. The van der Waals surface area contributed by atoms with E-state index in [1.807, 2.05) is 19.9 Å². The van der Waals surface area contributed by atoms with E-state index in [0.29, 0.717) is 0 Å². The molecule has 0 atom stereocenters. The number of anilines is 1. The van der Waals surface area contributed by atoms with E-state index in [1.165, 1.54) is 5.69 Å². The molecule has 0 amide bonds. The van der Waals surface area contributed by atoms with Crippen LogP contribution in [0.4, 0.5) is 5.69 Å². The molecule has 1 aromatic carbocycles. The second kappa shape index (κ2) is 7.06.